The van der Waals surface area contributed by atoms with Crippen molar-refractivity contribution >= 4 is 17.9 Å². The molecular weight excluding hydrogens is 913 g/mol. The molecule has 6 heteroatoms. The lowest BCUT2D eigenvalue weighted by atomic mass is 10.0. The fourth-order valence-electron chi connectivity index (χ4n) is 7.95. The van der Waals surface area contributed by atoms with Crippen LogP contribution in [0.2, 0.25) is 0 Å². The third kappa shape index (κ3) is 58.4. The van der Waals surface area contributed by atoms with E-state index in [-0.39, 0.29) is 37.5 Å². The number of unbranched alkanes of at least 4 members (excludes halogenated alkanes) is 20. The van der Waals surface area contributed by atoms with Gasteiger partial charge in [0.05, 0.1) is 0 Å². The Morgan fingerprint density at radius 2 is 0.541 bits per heavy atom. The predicted molar refractivity (Wildman–Crippen MR) is 320 cm³/mol. The van der Waals surface area contributed by atoms with E-state index >= 15 is 0 Å². The van der Waals surface area contributed by atoms with Crippen LogP contribution < -0.4 is 0 Å². The zero-order chi connectivity index (χ0) is 53.6. The van der Waals surface area contributed by atoms with Crippen molar-refractivity contribution in [1.29, 1.82) is 0 Å². The van der Waals surface area contributed by atoms with Crippen LogP contribution in [0, 0.1) is 0 Å². The van der Waals surface area contributed by atoms with Crippen molar-refractivity contribution in [3.8, 4) is 0 Å². The second-order valence-electron chi connectivity index (χ2n) is 19.5. The molecule has 0 rings (SSSR count). The van der Waals surface area contributed by atoms with Gasteiger partial charge in [-0.25, -0.2) is 0 Å². The third-order valence-corrected chi connectivity index (χ3v) is 12.4. The Hall–Kier alpha value is -4.45. The number of carbonyl (C=O) groups is 3. The summed E-state index contributed by atoms with van der Waals surface area (Å²) >= 11 is 0. The first-order valence-corrected chi connectivity index (χ1v) is 30.2. The second-order valence-corrected chi connectivity index (χ2v) is 19.5. The van der Waals surface area contributed by atoms with E-state index < -0.39 is 6.10 Å². The lowest BCUT2D eigenvalue weighted by Gasteiger charge is -2.18. The minimum Gasteiger partial charge on any atom is -0.462 e. The normalized spacial score (nSPS) is 13.1. The largest absolute Gasteiger partial charge is 0.462 e. The Bertz CT molecular complexity index is 1600. The van der Waals surface area contributed by atoms with Crippen LogP contribution >= 0.6 is 0 Å². The third-order valence-electron chi connectivity index (χ3n) is 12.4. The zero-order valence-corrected chi connectivity index (χ0v) is 47.8. The molecule has 0 aromatic carbocycles. The Morgan fingerprint density at radius 3 is 0.865 bits per heavy atom. The van der Waals surface area contributed by atoms with Gasteiger partial charge in [0.25, 0.3) is 0 Å². The Kier molecular flexibility index (Phi) is 57.4. The number of hydrogen-bond acceptors (Lipinski definition) is 6. The molecule has 1 unspecified atom stereocenters. The SMILES string of the molecule is CC/C=C\C/C=C\C/C=C\C/C=C\C/C=C\C/C=C\CCCCCCCCCCC(=O)OCC(COC(=O)CCCCCCCCCCCCCC)OC(=O)CCC/C=C\C/C=C\C/C=C\C/C=C\C/C=C\CC. The van der Waals surface area contributed by atoms with Gasteiger partial charge < -0.3 is 14.2 Å². The van der Waals surface area contributed by atoms with Gasteiger partial charge in [-0.2, -0.15) is 0 Å². The van der Waals surface area contributed by atoms with E-state index in [1.807, 2.05) is 0 Å². The van der Waals surface area contributed by atoms with Gasteiger partial charge in [0.15, 0.2) is 6.10 Å². The average Bonchev–Trinajstić information content (AvgIpc) is 3.40. The summed E-state index contributed by atoms with van der Waals surface area (Å²) in [6.07, 6.45) is 86.0. The van der Waals surface area contributed by atoms with Gasteiger partial charge in [-0.1, -0.05) is 264 Å². The number of allylic oxidation sites excluding steroid dienone is 22. The number of esters is 3. The second kappa shape index (κ2) is 61.1. The van der Waals surface area contributed by atoms with Crippen molar-refractivity contribution < 1.29 is 28.6 Å². The topological polar surface area (TPSA) is 78.9 Å². The maximum absolute atomic E-state index is 12.8. The molecule has 6 nitrogen and oxygen atoms in total. The van der Waals surface area contributed by atoms with Crippen molar-refractivity contribution in [1.82, 2.24) is 0 Å². The van der Waals surface area contributed by atoms with Gasteiger partial charge in [0, 0.05) is 19.3 Å². The smallest absolute Gasteiger partial charge is 0.306 e. The molecular formula is C68H110O6. The highest BCUT2D eigenvalue weighted by Crippen LogP contribution is 2.15. The van der Waals surface area contributed by atoms with Crippen molar-refractivity contribution in [2.75, 3.05) is 13.2 Å². The van der Waals surface area contributed by atoms with Crippen LogP contribution in [0.3, 0.4) is 0 Å². The lowest BCUT2D eigenvalue weighted by Crippen LogP contribution is -2.30. The van der Waals surface area contributed by atoms with E-state index in [0.29, 0.717) is 19.3 Å². The summed E-state index contributed by atoms with van der Waals surface area (Å²) in [5.41, 5.74) is 0. The Labute approximate surface area is 455 Å². The van der Waals surface area contributed by atoms with Crippen molar-refractivity contribution in [2.45, 2.75) is 264 Å². The summed E-state index contributed by atoms with van der Waals surface area (Å²) in [7, 11) is 0. The van der Waals surface area contributed by atoms with E-state index in [1.54, 1.807) is 0 Å². The number of carbonyl (C=O) groups excluding carboxylic acids is 3. The summed E-state index contributed by atoms with van der Waals surface area (Å²) in [6, 6.07) is 0. The molecule has 0 spiro atoms. The van der Waals surface area contributed by atoms with Gasteiger partial charge in [-0.05, 0) is 109 Å². The summed E-state index contributed by atoms with van der Waals surface area (Å²) in [4.78, 5) is 38.2. The number of ether oxygens (including phenoxy) is 3. The van der Waals surface area contributed by atoms with Gasteiger partial charge in [0.1, 0.15) is 13.2 Å². The van der Waals surface area contributed by atoms with Crippen LogP contribution in [-0.4, -0.2) is 37.2 Å². The monoisotopic (exact) mass is 1020 g/mol. The number of rotatable bonds is 53. The standard InChI is InChI=1S/C68H110O6/c1-4-7-10-13-16-19-22-25-27-29-30-31-32-33-34-35-36-37-38-40-41-43-46-49-52-55-58-61-67(70)73-64-65(63-72-66(69)60-57-54-51-48-45-24-21-18-15-12-9-6-3)74-68(71)62-59-56-53-50-47-44-42-39-28-26-23-20-17-14-11-8-5-2/h7-8,10-11,16-17,19-20,25-28,30-31,33-34,36-37,42,44,50,53,65H,4-6,9,12-15,18,21-24,29,32,35,38-41,43,45-49,51-52,54-64H2,1-3H3/b10-7-,11-8-,19-16-,20-17-,27-25-,28-26-,31-30-,34-33-,37-36-,44-42-,53-50-. The molecule has 74 heavy (non-hydrogen) atoms. The molecule has 0 aromatic rings. The number of hydrogen-bond donors (Lipinski definition) is 0. The van der Waals surface area contributed by atoms with E-state index in [9.17, 15) is 14.4 Å². The molecule has 0 radical (unpaired) electrons. The predicted octanol–water partition coefficient (Wildman–Crippen LogP) is 20.6. The first-order valence-electron chi connectivity index (χ1n) is 30.2. The summed E-state index contributed by atoms with van der Waals surface area (Å²) in [6.45, 7) is 6.35. The van der Waals surface area contributed by atoms with E-state index in [2.05, 4.69) is 154 Å². The van der Waals surface area contributed by atoms with Gasteiger partial charge in [-0.15, -0.1) is 0 Å². The minimum absolute atomic E-state index is 0.105. The van der Waals surface area contributed by atoms with Crippen molar-refractivity contribution in [3.05, 3.63) is 134 Å². The maximum Gasteiger partial charge on any atom is 0.306 e. The van der Waals surface area contributed by atoms with Crippen LogP contribution in [0.15, 0.2) is 134 Å². The van der Waals surface area contributed by atoms with E-state index in [4.69, 9.17) is 14.2 Å². The first kappa shape index (κ1) is 69.5. The van der Waals surface area contributed by atoms with Gasteiger partial charge in [0.2, 0.25) is 0 Å². The molecule has 418 valence electrons. The van der Waals surface area contributed by atoms with Crippen molar-refractivity contribution in [3.63, 3.8) is 0 Å². The van der Waals surface area contributed by atoms with Crippen LogP contribution in [0.1, 0.15) is 258 Å². The molecule has 0 heterocycles. The fraction of sp³-hybridized carbons (Fsp3) is 0.632. The van der Waals surface area contributed by atoms with Crippen LogP contribution in [0.5, 0.6) is 0 Å². The molecule has 0 N–H and O–H groups in total. The summed E-state index contributed by atoms with van der Waals surface area (Å²) in [5, 5.41) is 0. The van der Waals surface area contributed by atoms with E-state index in [1.165, 1.54) is 89.9 Å². The highest BCUT2D eigenvalue weighted by Gasteiger charge is 2.19. The molecule has 0 fully saturated rings. The van der Waals surface area contributed by atoms with Crippen molar-refractivity contribution in [2.24, 2.45) is 0 Å². The molecule has 0 saturated heterocycles. The molecule has 0 saturated carbocycles. The van der Waals surface area contributed by atoms with Gasteiger partial charge in [-0.3, -0.25) is 14.4 Å². The molecule has 0 aliphatic heterocycles. The average molecular weight is 1020 g/mol. The Balaban J connectivity index is 4.40. The lowest BCUT2D eigenvalue weighted by molar-refractivity contribution is -0.167. The van der Waals surface area contributed by atoms with Crippen LogP contribution in [-0.2, 0) is 28.6 Å². The quantitative estimate of drug-likeness (QED) is 0.0261. The Morgan fingerprint density at radius 1 is 0.284 bits per heavy atom. The molecule has 0 aromatic heterocycles. The van der Waals surface area contributed by atoms with Crippen LogP contribution in [0.25, 0.3) is 0 Å². The maximum atomic E-state index is 12.8. The summed E-state index contributed by atoms with van der Waals surface area (Å²) in [5.74, 6) is -0.974. The van der Waals surface area contributed by atoms with E-state index in [0.717, 1.165) is 122 Å². The molecule has 0 aliphatic rings. The zero-order valence-electron chi connectivity index (χ0n) is 47.8. The minimum atomic E-state index is -0.814. The fourth-order valence-corrected chi connectivity index (χ4v) is 7.95. The molecule has 0 amide bonds. The first-order chi connectivity index (χ1) is 36.5. The summed E-state index contributed by atoms with van der Waals surface area (Å²) < 4.78 is 16.8. The molecule has 0 bridgehead atoms. The highest BCUT2D eigenvalue weighted by atomic mass is 16.6. The highest BCUT2D eigenvalue weighted by molar-refractivity contribution is 5.71. The molecule has 0 aliphatic carbocycles. The van der Waals surface area contributed by atoms with Crippen LogP contribution in [0.4, 0.5) is 0 Å². The molecule has 1 atom stereocenters. The van der Waals surface area contributed by atoms with Gasteiger partial charge >= 0.3 is 17.9 Å².